The van der Waals surface area contributed by atoms with Crippen molar-refractivity contribution >= 4 is 5.97 Å². The van der Waals surface area contributed by atoms with Crippen molar-refractivity contribution in [3.63, 3.8) is 0 Å². The first kappa shape index (κ1) is 17.5. The van der Waals surface area contributed by atoms with E-state index in [0.717, 1.165) is 11.3 Å². The van der Waals surface area contributed by atoms with Crippen LogP contribution in [0.2, 0.25) is 0 Å². The molecule has 0 aliphatic carbocycles. The molecule has 0 saturated carbocycles. The van der Waals surface area contributed by atoms with E-state index in [9.17, 15) is 4.79 Å². The van der Waals surface area contributed by atoms with E-state index in [1.807, 2.05) is 55.5 Å². The first-order chi connectivity index (χ1) is 12.7. The molecule has 0 saturated heterocycles. The molecule has 3 aromatic carbocycles. The van der Waals surface area contributed by atoms with Gasteiger partial charge in [-0.2, -0.15) is 0 Å². The van der Waals surface area contributed by atoms with Crippen LogP contribution in [0.5, 0.6) is 17.2 Å². The Hall–Kier alpha value is -3.27. The third-order valence-electron chi connectivity index (χ3n) is 3.73. The number of ether oxygens (including phenoxy) is 3. The van der Waals surface area contributed by atoms with Crippen LogP contribution in [0.4, 0.5) is 0 Å². The molecule has 26 heavy (non-hydrogen) atoms. The molecular weight excluding hydrogens is 328 g/mol. The summed E-state index contributed by atoms with van der Waals surface area (Å²) < 4.78 is 16.7. The lowest BCUT2D eigenvalue weighted by molar-refractivity contribution is 0.0733. The molecule has 0 radical (unpaired) electrons. The average molecular weight is 348 g/mol. The quantitative estimate of drug-likeness (QED) is 0.353. The van der Waals surface area contributed by atoms with E-state index in [1.54, 1.807) is 30.3 Å². The maximum absolute atomic E-state index is 12.3. The van der Waals surface area contributed by atoms with E-state index in [2.05, 4.69) is 0 Å². The number of hydrogen-bond acceptors (Lipinski definition) is 4. The molecule has 0 heterocycles. The van der Waals surface area contributed by atoms with Crippen LogP contribution in [0.15, 0.2) is 78.9 Å². The summed E-state index contributed by atoms with van der Waals surface area (Å²) in [5.74, 6) is 1.54. The van der Waals surface area contributed by atoms with Gasteiger partial charge in [0.25, 0.3) is 0 Å². The van der Waals surface area contributed by atoms with Crippen molar-refractivity contribution in [3.05, 3.63) is 90.0 Å². The predicted octanol–water partition coefficient (Wildman–Crippen LogP) is 4.67. The fourth-order valence-corrected chi connectivity index (χ4v) is 2.38. The lowest BCUT2D eigenvalue weighted by atomic mass is 10.2. The highest BCUT2D eigenvalue weighted by Gasteiger charge is 2.11. The second-order valence-corrected chi connectivity index (χ2v) is 5.69. The Morgan fingerprint density at radius 1 is 0.769 bits per heavy atom. The summed E-state index contributed by atoms with van der Waals surface area (Å²) >= 11 is 0. The third-order valence-corrected chi connectivity index (χ3v) is 3.73. The van der Waals surface area contributed by atoms with Crippen LogP contribution < -0.4 is 14.2 Å². The van der Waals surface area contributed by atoms with Gasteiger partial charge in [0.1, 0.15) is 30.5 Å². The van der Waals surface area contributed by atoms with Crippen LogP contribution in [0.3, 0.4) is 0 Å². The highest BCUT2D eigenvalue weighted by molar-refractivity contribution is 5.91. The highest BCUT2D eigenvalue weighted by atomic mass is 16.5. The molecule has 0 fully saturated rings. The predicted molar refractivity (Wildman–Crippen MR) is 100 cm³/mol. The van der Waals surface area contributed by atoms with Crippen molar-refractivity contribution < 1.29 is 19.0 Å². The molecule has 4 nitrogen and oxygen atoms in total. The number of hydrogen-bond donors (Lipinski definition) is 0. The zero-order valence-corrected chi connectivity index (χ0v) is 14.6. The normalized spacial score (nSPS) is 10.2. The Morgan fingerprint density at radius 3 is 2.19 bits per heavy atom. The Balaban J connectivity index is 1.54. The minimum atomic E-state index is -0.412. The molecule has 0 aliphatic rings. The standard InChI is InChI=1S/C22H20O4/c1-17-8-5-6-13-21(17)26-22(23)18-9-7-12-20(16-18)25-15-14-24-19-10-3-2-4-11-19/h2-13,16H,14-15H2,1H3. The van der Waals surface area contributed by atoms with E-state index in [-0.39, 0.29) is 0 Å². The molecular formula is C22H20O4. The van der Waals surface area contributed by atoms with Gasteiger partial charge in [0.15, 0.2) is 0 Å². The summed E-state index contributed by atoms with van der Waals surface area (Å²) in [6.45, 7) is 2.70. The molecule has 4 heteroatoms. The number of esters is 1. The zero-order valence-electron chi connectivity index (χ0n) is 14.6. The van der Waals surface area contributed by atoms with E-state index in [1.165, 1.54) is 0 Å². The second kappa shape index (κ2) is 8.72. The van der Waals surface area contributed by atoms with Crippen molar-refractivity contribution in [3.8, 4) is 17.2 Å². The van der Waals surface area contributed by atoms with Crippen molar-refractivity contribution in [1.82, 2.24) is 0 Å². The number of carbonyl (C=O) groups excluding carboxylic acids is 1. The van der Waals surface area contributed by atoms with Crippen LogP contribution in [-0.2, 0) is 0 Å². The van der Waals surface area contributed by atoms with Gasteiger partial charge in [-0.3, -0.25) is 0 Å². The molecule has 0 spiro atoms. The Bertz CT molecular complexity index is 859. The SMILES string of the molecule is Cc1ccccc1OC(=O)c1cccc(OCCOc2ccccc2)c1. The topological polar surface area (TPSA) is 44.8 Å². The van der Waals surface area contributed by atoms with Gasteiger partial charge in [0.2, 0.25) is 0 Å². The summed E-state index contributed by atoms with van der Waals surface area (Å²) in [7, 11) is 0. The van der Waals surface area contributed by atoms with Gasteiger partial charge in [-0.25, -0.2) is 4.79 Å². The molecule has 0 amide bonds. The maximum atomic E-state index is 12.3. The number of benzene rings is 3. The number of carbonyl (C=O) groups is 1. The van der Waals surface area contributed by atoms with Gasteiger partial charge in [0.05, 0.1) is 5.56 Å². The highest BCUT2D eigenvalue weighted by Crippen LogP contribution is 2.20. The van der Waals surface area contributed by atoms with E-state index < -0.39 is 5.97 Å². The minimum Gasteiger partial charge on any atom is -0.490 e. The van der Waals surface area contributed by atoms with Gasteiger partial charge >= 0.3 is 5.97 Å². The summed E-state index contributed by atoms with van der Waals surface area (Å²) in [6.07, 6.45) is 0. The fraction of sp³-hybridized carbons (Fsp3) is 0.136. The second-order valence-electron chi connectivity index (χ2n) is 5.69. The van der Waals surface area contributed by atoms with Gasteiger partial charge in [0, 0.05) is 0 Å². The van der Waals surface area contributed by atoms with Crippen LogP contribution in [0.25, 0.3) is 0 Å². The summed E-state index contributed by atoms with van der Waals surface area (Å²) in [5.41, 5.74) is 1.35. The molecule has 3 aromatic rings. The third kappa shape index (κ3) is 4.86. The average Bonchev–Trinajstić information content (AvgIpc) is 2.68. The van der Waals surface area contributed by atoms with Crippen molar-refractivity contribution in [2.24, 2.45) is 0 Å². The van der Waals surface area contributed by atoms with Crippen LogP contribution in [0, 0.1) is 6.92 Å². The van der Waals surface area contributed by atoms with Crippen LogP contribution in [-0.4, -0.2) is 19.2 Å². The molecule has 0 atom stereocenters. The van der Waals surface area contributed by atoms with Crippen molar-refractivity contribution in [2.75, 3.05) is 13.2 Å². The van der Waals surface area contributed by atoms with Gasteiger partial charge in [-0.1, -0.05) is 42.5 Å². The van der Waals surface area contributed by atoms with Gasteiger partial charge in [-0.05, 0) is 48.9 Å². The Kier molecular flexibility index (Phi) is 5.88. The number of rotatable bonds is 7. The molecule has 0 unspecified atom stereocenters. The zero-order chi connectivity index (χ0) is 18.2. The van der Waals surface area contributed by atoms with E-state index >= 15 is 0 Å². The number of para-hydroxylation sites is 2. The lowest BCUT2D eigenvalue weighted by Gasteiger charge is -2.10. The van der Waals surface area contributed by atoms with Crippen molar-refractivity contribution in [2.45, 2.75) is 6.92 Å². The van der Waals surface area contributed by atoms with E-state index in [4.69, 9.17) is 14.2 Å². The maximum Gasteiger partial charge on any atom is 0.343 e. The van der Waals surface area contributed by atoms with E-state index in [0.29, 0.717) is 30.3 Å². The molecule has 3 rings (SSSR count). The monoisotopic (exact) mass is 348 g/mol. The lowest BCUT2D eigenvalue weighted by Crippen LogP contribution is -2.11. The molecule has 0 aliphatic heterocycles. The van der Waals surface area contributed by atoms with Crippen LogP contribution >= 0.6 is 0 Å². The van der Waals surface area contributed by atoms with Crippen molar-refractivity contribution in [1.29, 1.82) is 0 Å². The van der Waals surface area contributed by atoms with Crippen LogP contribution in [0.1, 0.15) is 15.9 Å². The Labute approximate surface area is 153 Å². The summed E-state index contributed by atoms with van der Waals surface area (Å²) in [6, 6.07) is 23.9. The minimum absolute atomic E-state index is 0.380. The smallest absolute Gasteiger partial charge is 0.343 e. The van der Waals surface area contributed by atoms with Gasteiger partial charge < -0.3 is 14.2 Å². The molecule has 0 bridgehead atoms. The fourth-order valence-electron chi connectivity index (χ4n) is 2.38. The summed E-state index contributed by atoms with van der Waals surface area (Å²) in [4.78, 5) is 12.3. The Morgan fingerprint density at radius 2 is 1.42 bits per heavy atom. The summed E-state index contributed by atoms with van der Waals surface area (Å²) in [5, 5.41) is 0. The molecule has 132 valence electrons. The number of aryl methyl sites for hydroxylation is 1. The van der Waals surface area contributed by atoms with Gasteiger partial charge in [-0.15, -0.1) is 0 Å². The first-order valence-corrected chi connectivity index (χ1v) is 8.41. The first-order valence-electron chi connectivity index (χ1n) is 8.41. The molecule has 0 aromatic heterocycles. The molecule has 0 N–H and O–H groups in total. The largest absolute Gasteiger partial charge is 0.490 e.